The first-order valence-corrected chi connectivity index (χ1v) is 6.52. The zero-order chi connectivity index (χ0) is 12.0. The fraction of sp³-hybridized carbons (Fsp3) is 0.467. The number of fused-ring (bicyclic) bond motifs is 3. The summed E-state index contributed by atoms with van der Waals surface area (Å²) in [6.45, 7) is 10.1. The molecule has 0 fully saturated rings. The van der Waals surface area contributed by atoms with Gasteiger partial charge < -0.3 is 4.98 Å². The number of hydrogen-bond donors (Lipinski definition) is 1. The molecule has 1 aliphatic heterocycles. The van der Waals surface area contributed by atoms with E-state index in [1.165, 1.54) is 39.8 Å². The van der Waals surface area contributed by atoms with E-state index in [-0.39, 0.29) is 0 Å². The standard InChI is InChI=1S/C15H20N2/c1-4-17-6-5-13-12(9-17)15-11(3)7-10(2)8-14(15)16-13/h7-8,16H,4-6,9H2,1-3H3. The van der Waals surface area contributed by atoms with Crippen LogP contribution in [-0.4, -0.2) is 23.0 Å². The van der Waals surface area contributed by atoms with Crippen molar-refractivity contribution in [1.82, 2.24) is 9.88 Å². The first-order valence-electron chi connectivity index (χ1n) is 6.52. The molecule has 0 spiro atoms. The smallest absolute Gasteiger partial charge is 0.0464 e. The highest BCUT2D eigenvalue weighted by atomic mass is 15.1. The number of H-pyrrole nitrogens is 1. The molecule has 2 heteroatoms. The van der Waals surface area contributed by atoms with Gasteiger partial charge in [-0.3, -0.25) is 4.90 Å². The van der Waals surface area contributed by atoms with Crippen molar-refractivity contribution in [2.75, 3.05) is 13.1 Å². The van der Waals surface area contributed by atoms with Crippen molar-refractivity contribution in [1.29, 1.82) is 0 Å². The molecule has 0 unspecified atom stereocenters. The van der Waals surface area contributed by atoms with E-state index in [9.17, 15) is 0 Å². The van der Waals surface area contributed by atoms with Gasteiger partial charge in [0.05, 0.1) is 0 Å². The van der Waals surface area contributed by atoms with Crippen molar-refractivity contribution in [3.05, 3.63) is 34.5 Å². The third kappa shape index (κ3) is 1.67. The summed E-state index contributed by atoms with van der Waals surface area (Å²) >= 11 is 0. The molecule has 1 aromatic heterocycles. The number of aryl methyl sites for hydroxylation is 2. The Morgan fingerprint density at radius 2 is 2.12 bits per heavy atom. The molecule has 17 heavy (non-hydrogen) atoms. The molecule has 1 N–H and O–H groups in total. The minimum absolute atomic E-state index is 1.11. The summed E-state index contributed by atoms with van der Waals surface area (Å²) in [7, 11) is 0. The maximum absolute atomic E-state index is 3.62. The predicted molar refractivity (Wildman–Crippen MR) is 72.4 cm³/mol. The molecule has 0 aliphatic carbocycles. The van der Waals surface area contributed by atoms with Crippen molar-refractivity contribution < 1.29 is 0 Å². The van der Waals surface area contributed by atoms with E-state index in [0.717, 1.165) is 19.5 Å². The lowest BCUT2D eigenvalue weighted by Gasteiger charge is -2.25. The number of nitrogens with zero attached hydrogens (tertiary/aromatic N) is 1. The van der Waals surface area contributed by atoms with Gasteiger partial charge in [-0.15, -0.1) is 0 Å². The van der Waals surface area contributed by atoms with Crippen LogP contribution in [0.2, 0.25) is 0 Å². The topological polar surface area (TPSA) is 19.0 Å². The molecule has 2 aromatic rings. The highest BCUT2D eigenvalue weighted by molar-refractivity contribution is 5.88. The second kappa shape index (κ2) is 3.88. The molecule has 0 amide bonds. The van der Waals surface area contributed by atoms with Gasteiger partial charge >= 0.3 is 0 Å². The van der Waals surface area contributed by atoms with E-state index in [1.807, 2.05) is 0 Å². The van der Waals surface area contributed by atoms with Crippen LogP contribution in [0.4, 0.5) is 0 Å². The van der Waals surface area contributed by atoms with E-state index < -0.39 is 0 Å². The van der Waals surface area contributed by atoms with Gasteiger partial charge in [-0.1, -0.05) is 13.0 Å². The fourth-order valence-electron chi connectivity index (χ4n) is 3.09. The van der Waals surface area contributed by atoms with Gasteiger partial charge in [-0.25, -0.2) is 0 Å². The number of rotatable bonds is 1. The van der Waals surface area contributed by atoms with Crippen LogP contribution in [0.5, 0.6) is 0 Å². The van der Waals surface area contributed by atoms with Crippen LogP contribution in [0, 0.1) is 13.8 Å². The maximum atomic E-state index is 3.62. The van der Waals surface area contributed by atoms with Crippen LogP contribution in [0.1, 0.15) is 29.3 Å². The van der Waals surface area contributed by atoms with Gasteiger partial charge in [0.25, 0.3) is 0 Å². The van der Waals surface area contributed by atoms with Gasteiger partial charge in [-0.2, -0.15) is 0 Å². The zero-order valence-corrected chi connectivity index (χ0v) is 10.9. The predicted octanol–water partition coefficient (Wildman–Crippen LogP) is 3.16. The van der Waals surface area contributed by atoms with Crippen LogP contribution in [0.3, 0.4) is 0 Å². The molecular formula is C15H20N2. The Labute approximate surface area is 103 Å². The van der Waals surface area contributed by atoms with Gasteiger partial charge in [0, 0.05) is 36.1 Å². The number of hydrogen-bond acceptors (Lipinski definition) is 1. The van der Waals surface area contributed by atoms with Crippen LogP contribution < -0.4 is 0 Å². The minimum atomic E-state index is 1.11. The Bertz CT molecular complexity index is 566. The molecule has 1 aliphatic rings. The van der Waals surface area contributed by atoms with Gasteiger partial charge in [0.15, 0.2) is 0 Å². The lowest BCUT2D eigenvalue weighted by atomic mass is 10.00. The second-order valence-corrected chi connectivity index (χ2v) is 5.21. The third-order valence-corrected chi connectivity index (χ3v) is 3.94. The Hall–Kier alpha value is -1.28. The monoisotopic (exact) mass is 228 g/mol. The van der Waals surface area contributed by atoms with Crippen molar-refractivity contribution >= 4 is 10.9 Å². The highest BCUT2D eigenvalue weighted by Crippen LogP contribution is 2.30. The van der Waals surface area contributed by atoms with Gasteiger partial charge in [0.2, 0.25) is 0 Å². The van der Waals surface area contributed by atoms with Crippen LogP contribution in [0.25, 0.3) is 10.9 Å². The molecular weight excluding hydrogens is 208 g/mol. The van der Waals surface area contributed by atoms with Crippen molar-refractivity contribution in [2.24, 2.45) is 0 Å². The molecule has 90 valence electrons. The van der Waals surface area contributed by atoms with E-state index in [0.29, 0.717) is 0 Å². The summed E-state index contributed by atoms with van der Waals surface area (Å²) in [5.41, 5.74) is 7.07. The molecule has 0 radical (unpaired) electrons. The first-order chi connectivity index (χ1) is 8.19. The minimum Gasteiger partial charge on any atom is -0.358 e. The number of aromatic amines is 1. The lowest BCUT2D eigenvalue weighted by Crippen LogP contribution is -2.29. The Morgan fingerprint density at radius 3 is 2.88 bits per heavy atom. The highest BCUT2D eigenvalue weighted by Gasteiger charge is 2.20. The van der Waals surface area contributed by atoms with Crippen molar-refractivity contribution in [3.63, 3.8) is 0 Å². The van der Waals surface area contributed by atoms with Gasteiger partial charge in [-0.05, 0) is 43.1 Å². The quantitative estimate of drug-likeness (QED) is 0.794. The largest absolute Gasteiger partial charge is 0.358 e. The Morgan fingerprint density at radius 1 is 1.29 bits per heavy atom. The first kappa shape index (κ1) is 10.8. The average molecular weight is 228 g/mol. The fourth-order valence-corrected chi connectivity index (χ4v) is 3.09. The van der Waals surface area contributed by atoms with E-state index >= 15 is 0 Å². The lowest BCUT2D eigenvalue weighted by molar-refractivity contribution is 0.268. The van der Waals surface area contributed by atoms with E-state index in [1.54, 1.807) is 0 Å². The van der Waals surface area contributed by atoms with E-state index in [2.05, 4.69) is 42.8 Å². The summed E-state index contributed by atoms with van der Waals surface area (Å²) in [5.74, 6) is 0. The normalized spacial score (nSPS) is 16.4. The molecule has 2 heterocycles. The Kier molecular flexibility index (Phi) is 2.48. The number of aromatic nitrogens is 1. The SMILES string of the molecule is CCN1CCc2[nH]c3cc(C)cc(C)c3c2C1. The summed E-state index contributed by atoms with van der Waals surface area (Å²) in [4.78, 5) is 6.14. The number of likely N-dealkylation sites (N-methyl/N-ethyl adjacent to an activating group) is 1. The summed E-state index contributed by atoms with van der Waals surface area (Å²) in [6.07, 6.45) is 1.16. The molecule has 1 aromatic carbocycles. The molecule has 0 bridgehead atoms. The van der Waals surface area contributed by atoms with Crippen molar-refractivity contribution in [2.45, 2.75) is 33.7 Å². The molecule has 0 atom stereocenters. The second-order valence-electron chi connectivity index (χ2n) is 5.21. The molecule has 3 rings (SSSR count). The summed E-state index contributed by atoms with van der Waals surface area (Å²) < 4.78 is 0. The molecule has 2 nitrogen and oxygen atoms in total. The van der Waals surface area contributed by atoms with E-state index in [4.69, 9.17) is 0 Å². The number of nitrogens with one attached hydrogen (secondary N) is 1. The van der Waals surface area contributed by atoms with Crippen LogP contribution in [-0.2, 0) is 13.0 Å². The average Bonchev–Trinajstić information content (AvgIpc) is 2.65. The molecule has 0 saturated heterocycles. The number of benzene rings is 1. The van der Waals surface area contributed by atoms with Crippen LogP contribution >= 0.6 is 0 Å². The maximum Gasteiger partial charge on any atom is 0.0464 e. The summed E-state index contributed by atoms with van der Waals surface area (Å²) in [6, 6.07) is 4.57. The van der Waals surface area contributed by atoms with Crippen molar-refractivity contribution in [3.8, 4) is 0 Å². The summed E-state index contributed by atoms with van der Waals surface area (Å²) in [5, 5.41) is 1.46. The van der Waals surface area contributed by atoms with Crippen LogP contribution in [0.15, 0.2) is 12.1 Å². The molecule has 0 saturated carbocycles. The zero-order valence-electron chi connectivity index (χ0n) is 10.9. The Balaban J connectivity index is 2.21. The third-order valence-electron chi connectivity index (χ3n) is 3.94. The van der Waals surface area contributed by atoms with Gasteiger partial charge in [0.1, 0.15) is 0 Å².